The topological polar surface area (TPSA) is 63.6 Å². The van der Waals surface area contributed by atoms with E-state index in [-0.39, 0.29) is 34.6 Å². The number of aliphatic carboxylic acids is 1. The molecule has 0 bridgehead atoms. The highest BCUT2D eigenvalue weighted by molar-refractivity contribution is 5.92. The summed E-state index contributed by atoms with van der Waals surface area (Å²) in [5, 5.41) is 9.50. The third kappa shape index (κ3) is 3.48. The van der Waals surface area contributed by atoms with Crippen LogP contribution in [0.2, 0.25) is 0 Å². The maximum absolute atomic E-state index is 11.9. The van der Waals surface area contributed by atoms with Gasteiger partial charge in [0, 0.05) is 17.4 Å². The van der Waals surface area contributed by atoms with Crippen molar-refractivity contribution in [3.8, 4) is 0 Å². The van der Waals surface area contributed by atoms with Gasteiger partial charge in [0.15, 0.2) is 0 Å². The van der Waals surface area contributed by atoms with Crippen LogP contribution in [0.5, 0.6) is 0 Å². The minimum absolute atomic E-state index is 0.0435. The fourth-order valence-electron chi connectivity index (χ4n) is 8.06. The quantitative estimate of drug-likeness (QED) is 0.335. The number of hydrogen-bond acceptors (Lipinski definition) is 3. The zero-order chi connectivity index (χ0) is 25.1. The zero-order valence-electron chi connectivity index (χ0n) is 21.5. The smallest absolute Gasteiger partial charge is 0.339 e. The van der Waals surface area contributed by atoms with E-state index in [1.54, 1.807) is 6.92 Å². The van der Waals surface area contributed by atoms with Crippen molar-refractivity contribution in [2.24, 2.45) is 34.0 Å². The van der Waals surface area contributed by atoms with E-state index >= 15 is 0 Å². The zero-order valence-corrected chi connectivity index (χ0v) is 21.5. The molecule has 4 aliphatic rings. The average molecular weight is 465 g/mol. The number of allylic oxidation sites excluding steroid dienone is 6. The number of esters is 1. The van der Waals surface area contributed by atoms with E-state index in [2.05, 4.69) is 53.0 Å². The lowest BCUT2D eigenvalue weighted by Gasteiger charge is -2.52. The highest BCUT2D eigenvalue weighted by atomic mass is 16.5. The van der Waals surface area contributed by atoms with Crippen LogP contribution in [0.3, 0.4) is 0 Å². The van der Waals surface area contributed by atoms with E-state index in [4.69, 9.17) is 4.74 Å². The number of ether oxygens (including phenoxy) is 1. The molecular formula is C30H40O4. The van der Waals surface area contributed by atoms with Gasteiger partial charge in [-0.2, -0.15) is 0 Å². The molecule has 1 spiro atoms. The first-order valence-corrected chi connectivity index (χ1v) is 12.7. The number of fused-ring (bicyclic) bond motifs is 2. The normalized spacial score (nSPS) is 39.1. The lowest BCUT2D eigenvalue weighted by Crippen LogP contribution is -2.45. The van der Waals surface area contributed by atoms with Gasteiger partial charge in [-0.05, 0) is 93.1 Å². The first-order chi connectivity index (χ1) is 15.9. The monoisotopic (exact) mass is 464 g/mol. The molecule has 0 aromatic carbocycles. The van der Waals surface area contributed by atoms with Crippen molar-refractivity contribution >= 4 is 11.9 Å². The maximum Gasteiger partial charge on any atom is 0.339 e. The summed E-state index contributed by atoms with van der Waals surface area (Å²) >= 11 is 0. The van der Waals surface area contributed by atoms with Gasteiger partial charge in [0.25, 0.3) is 0 Å². The van der Waals surface area contributed by atoms with Gasteiger partial charge in [0.05, 0.1) is 0 Å². The molecule has 4 heteroatoms. The number of carboxylic acids is 1. The second-order valence-electron chi connectivity index (χ2n) is 11.8. The molecule has 0 aromatic rings. The van der Waals surface area contributed by atoms with Crippen molar-refractivity contribution in [1.82, 2.24) is 0 Å². The number of cyclic esters (lactones) is 1. The van der Waals surface area contributed by atoms with Gasteiger partial charge >= 0.3 is 11.9 Å². The third-order valence-electron chi connectivity index (χ3n) is 10.1. The van der Waals surface area contributed by atoms with Gasteiger partial charge in [-0.1, -0.05) is 56.7 Å². The molecule has 6 atom stereocenters. The summed E-state index contributed by atoms with van der Waals surface area (Å²) in [4.78, 5) is 23.5. The molecule has 1 aliphatic heterocycles. The second-order valence-corrected chi connectivity index (χ2v) is 11.8. The number of carbonyl (C=O) groups excluding carboxylic acids is 1. The van der Waals surface area contributed by atoms with Crippen molar-refractivity contribution in [3.05, 3.63) is 59.4 Å². The van der Waals surface area contributed by atoms with E-state index in [9.17, 15) is 14.7 Å². The van der Waals surface area contributed by atoms with Crippen molar-refractivity contribution in [2.45, 2.75) is 79.6 Å². The van der Waals surface area contributed by atoms with Gasteiger partial charge in [-0.3, -0.25) is 4.79 Å². The fourth-order valence-corrected chi connectivity index (χ4v) is 8.06. The van der Waals surface area contributed by atoms with Gasteiger partial charge < -0.3 is 9.84 Å². The fraction of sp³-hybridized carbons (Fsp3) is 0.600. The predicted molar refractivity (Wildman–Crippen MR) is 135 cm³/mol. The summed E-state index contributed by atoms with van der Waals surface area (Å²) < 4.78 is 5.49. The Morgan fingerprint density at radius 1 is 1.35 bits per heavy atom. The standard InChI is InChI=1S/C30H40O4/c1-18(2)23-8-9-25-24(28(23,6)13-12-26(31)32)11-15-30(25)20(4)10-14-29(30,7)21(5)17-22-16-19(3)27(33)34-22/h9,16-17,21,23-24H,1,4,8,10-15H2,2-3,5-7H3,(H,31,32)/b22-17-/t21-,23+,24-,28-,29-,30-/m0/s1. The van der Waals surface area contributed by atoms with Crippen LogP contribution in [0.15, 0.2) is 59.4 Å². The Morgan fingerprint density at radius 2 is 2.06 bits per heavy atom. The van der Waals surface area contributed by atoms with Crippen LogP contribution < -0.4 is 0 Å². The van der Waals surface area contributed by atoms with Crippen molar-refractivity contribution < 1.29 is 19.4 Å². The van der Waals surface area contributed by atoms with Crippen LogP contribution in [0, 0.1) is 34.0 Å². The Morgan fingerprint density at radius 3 is 2.65 bits per heavy atom. The summed E-state index contributed by atoms with van der Waals surface area (Å²) in [6.07, 6.45) is 12.4. The van der Waals surface area contributed by atoms with Crippen molar-refractivity contribution in [3.63, 3.8) is 0 Å². The minimum Gasteiger partial charge on any atom is -0.481 e. The Balaban J connectivity index is 1.75. The number of carboxylic acid groups (broad SMARTS) is 1. The largest absolute Gasteiger partial charge is 0.481 e. The van der Waals surface area contributed by atoms with Crippen molar-refractivity contribution in [1.29, 1.82) is 0 Å². The van der Waals surface area contributed by atoms with Crippen LogP contribution >= 0.6 is 0 Å². The molecule has 3 aliphatic carbocycles. The lowest BCUT2D eigenvalue weighted by atomic mass is 9.51. The second kappa shape index (κ2) is 8.39. The van der Waals surface area contributed by atoms with Gasteiger partial charge in [0.2, 0.25) is 0 Å². The summed E-state index contributed by atoms with van der Waals surface area (Å²) in [5.41, 5.74) is 4.34. The Bertz CT molecular complexity index is 1040. The van der Waals surface area contributed by atoms with Crippen LogP contribution in [0.4, 0.5) is 0 Å². The van der Waals surface area contributed by atoms with Crippen molar-refractivity contribution in [2.75, 3.05) is 0 Å². The lowest BCUT2D eigenvalue weighted by molar-refractivity contribution is -0.138. The molecule has 4 nitrogen and oxygen atoms in total. The van der Waals surface area contributed by atoms with Gasteiger partial charge in [-0.15, -0.1) is 0 Å². The molecule has 2 saturated carbocycles. The summed E-state index contributed by atoms with van der Waals surface area (Å²) in [5.74, 6) is 0.496. The molecule has 4 rings (SSSR count). The molecular weight excluding hydrogens is 424 g/mol. The summed E-state index contributed by atoms with van der Waals surface area (Å²) in [6, 6.07) is 0. The number of hydrogen-bond donors (Lipinski definition) is 1. The van der Waals surface area contributed by atoms with E-state index in [0.717, 1.165) is 37.7 Å². The Hall–Kier alpha value is -2.36. The van der Waals surface area contributed by atoms with E-state index in [0.29, 0.717) is 29.6 Å². The minimum atomic E-state index is -0.727. The summed E-state index contributed by atoms with van der Waals surface area (Å²) in [6.45, 7) is 19.7. The van der Waals surface area contributed by atoms with Crippen LogP contribution in [0.1, 0.15) is 79.6 Å². The van der Waals surface area contributed by atoms with E-state index in [1.165, 1.54) is 11.1 Å². The molecule has 1 N–H and O–H groups in total. The highest BCUT2D eigenvalue weighted by Crippen LogP contribution is 2.73. The molecule has 0 saturated heterocycles. The maximum atomic E-state index is 11.9. The van der Waals surface area contributed by atoms with E-state index in [1.807, 2.05) is 6.08 Å². The Labute approximate surface area is 204 Å². The molecule has 1 heterocycles. The molecule has 34 heavy (non-hydrogen) atoms. The molecule has 0 aromatic heterocycles. The molecule has 0 unspecified atom stereocenters. The van der Waals surface area contributed by atoms with Crippen LogP contribution in [-0.2, 0) is 14.3 Å². The van der Waals surface area contributed by atoms with Gasteiger partial charge in [-0.25, -0.2) is 4.79 Å². The molecule has 0 radical (unpaired) electrons. The van der Waals surface area contributed by atoms with Gasteiger partial charge in [0.1, 0.15) is 5.76 Å². The SMILES string of the molecule is C=C(C)[C@H]1CC=C2[C@H](CC[C@]23C(=C)CC[C@@]3(C)[C@@H](C)/C=C2/C=C(C)C(=O)O2)[C@@]1(C)CCC(=O)O. The molecule has 0 amide bonds. The highest BCUT2D eigenvalue weighted by Gasteiger charge is 2.64. The van der Waals surface area contributed by atoms with Crippen LogP contribution in [0.25, 0.3) is 0 Å². The third-order valence-corrected chi connectivity index (χ3v) is 10.1. The average Bonchev–Trinajstić information content (AvgIpc) is 3.39. The number of rotatable bonds is 6. The van der Waals surface area contributed by atoms with Crippen LogP contribution in [-0.4, -0.2) is 17.0 Å². The molecule has 2 fully saturated rings. The first-order valence-electron chi connectivity index (χ1n) is 12.7. The predicted octanol–water partition coefficient (Wildman–Crippen LogP) is 7.16. The summed E-state index contributed by atoms with van der Waals surface area (Å²) in [7, 11) is 0. The van der Waals surface area contributed by atoms with E-state index < -0.39 is 5.97 Å². The Kier molecular flexibility index (Phi) is 6.11. The first kappa shape index (κ1) is 24.8. The molecule has 184 valence electrons. The number of carbonyl (C=O) groups is 2.